The maximum absolute atomic E-state index is 10.9. The van der Waals surface area contributed by atoms with Gasteiger partial charge in [0.05, 0.1) is 11.9 Å². The van der Waals surface area contributed by atoms with E-state index in [1.807, 2.05) is 0 Å². The van der Waals surface area contributed by atoms with Crippen LogP contribution in [0.1, 0.15) is 10.4 Å². The van der Waals surface area contributed by atoms with E-state index >= 15 is 0 Å². The molecule has 0 fully saturated rings. The topological polar surface area (TPSA) is 70.4 Å². The average molecular weight is 250 g/mol. The predicted octanol–water partition coefficient (Wildman–Crippen LogP) is 2.81. The molecule has 0 unspecified atom stereocenters. The van der Waals surface area contributed by atoms with E-state index < -0.39 is 5.97 Å². The zero-order chi connectivity index (χ0) is 12.4. The van der Waals surface area contributed by atoms with E-state index in [1.54, 1.807) is 24.3 Å². The highest BCUT2D eigenvalue weighted by Crippen LogP contribution is 2.28. The van der Waals surface area contributed by atoms with Crippen LogP contribution in [-0.4, -0.2) is 21.2 Å². The molecule has 0 amide bonds. The molecule has 1 heterocycles. The molecule has 0 aliphatic carbocycles. The lowest BCUT2D eigenvalue weighted by molar-refractivity contribution is 0.0693. The summed E-state index contributed by atoms with van der Waals surface area (Å²) in [6.07, 6.45) is 1.10. The molecule has 1 aromatic heterocycles. The molecule has 1 aromatic carbocycles. The van der Waals surface area contributed by atoms with Crippen molar-refractivity contribution in [3.63, 3.8) is 0 Å². The van der Waals surface area contributed by atoms with Crippen molar-refractivity contribution >= 4 is 17.6 Å². The molecule has 17 heavy (non-hydrogen) atoms. The Morgan fingerprint density at radius 3 is 2.65 bits per heavy atom. The van der Waals surface area contributed by atoms with Gasteiger partial charge in [0.2, 0.25) is 0 Å². The van der Waals surface area contributed by atoms with E-state index in [4.69, 9.17) is 16.7 Å². The van der Waals surface area contributed by atoms with Gasteiger partial charge in [-0.25, -0.2) is 4.79 Å². The summed E-state index contributed by atoms with van der Waals surface area (Å²) in [5, 5.41) is 18.7. The molecule has 0 spiro atoms. The quantitative estimate of drug-likeness (QED) is 0.859. The van der Waals surface area contributed by atoms with Gasteiger partial charge in [-0.1, -0.05) is 29.8 Å². The number of aromatic nitrogens is 1. The predicted molar refractivity (Wildman–Crippen MR) is 63.3 cm³/mol. The van der Waals surface area contributed by atoms with Crippen LogP contribution >= 0.6 is 11.6 Å². The number of hydrogen-bond acceptors (Lipinski definition) is 3. The van der Waals surface area contributed by atoms with Gasteiger partial charge in [-0.3, -0.25) is 4.98 Å². The first-order valence-corrected chi connectivity index (χ1v) is 5.14. The second kappa shape index (κ2) is 4.43. The lowest BCUT2D eigenvalue weighted by Gasteiger charge is -2.05. The molecule has 5 heteroatoms. The van der Waals surface area contributed by atoms with Gasteiger partial charge in [-0.05, 0) is 12.1 Å². The molecule has 0 saturated carbocycles. The number of carboxylic acids is 1. The standard InChI is InChI=1S/C12H8ClNO3/c13-9-4-2-1-3-7(9)10-5-8(12(16)17)11(15)6-14-10/h1-6,15H,(H,16,17). The Balaban J connectivity index is 2.58. The van der Waals surface area contributed by atoms with Gasteiger partial charge in [0.15, 0.2) is 0 Å². The molecule has 0 aliphatic heterocycles. The van der Waals surface area contributed by atoms with Crippen molar-refractivity contribution in [3.05, 3.63) is 47.1 Å². The minimum absolute atomic E-state index is 0.199. The van der Waals surface area contributed by atoms with Gasteiger partial charge in [-0.2, -0.15) is 0 Å². The molecular weight excluding hydrogens is 242 g/mol. The van der Waals surface area contributed by atoms with Crippen molar-refractivity contribution in [2.45, 2.75) is 0 Å². The lowest BCUT2D eigenvalue weighted by atomic mass is 10.1. The van der Waals surface area contributed by atoms with Crippen molar-refractivity contribution in [1.82, 2.24) is 4.98 Å². The molecule has 86 valence electrons. The van der Waals surface area contributed by atoms with E-state index in [9.17, 15) is 9.90 Å². The SMILES string of the molecule is O=C(O)c1cc(-c2ccccc2Cl)ncc1O. The van der Waals surface area contributed by atoms with Crippen LogP contribution in [0.15, 0.2) is 36.5 Å². The van der Waals surface area contributed by atoms with Gasteiger partial charge in [0.25, 0.3) is 0 Å². The number of nitrogens with zero attached hydrogens (tertiary/aromatic N) is 1. The van der Waals surface area contributed by atoms with Crippen molar-refractivity contribution in [3.8, 4) is 17.0 Å². The zero-order valence-corrected chi connectivity index (χ0v) is 9.35. The second-order valence-corrected chi connectivity index (χ2v) is 3.78. The maximum atomic E-state index is 10.9. The van der Waals surface area contributed by atoms with Gasteiger partial charge >= 0.3 is 5.97 Å². The minimum Gasteiger partial charge on any atom is -0.505 e. The number of aromatic hydroxyl groups is 1. The Bertz CT molecular complexity index is 584. The molecular formula is C12H8ClNO3. The minimum atomic E-state index is -1.21. The summed E-state index contributed by atoms with van der Waals surface area (Å²) in [6, 6.07) is 8.25. The van der Waals surface area contributed by atoms with E-state index in [0.29, 0.717) is 16.3 Å². The van der Waals surface area contributed by atoms with Crippen LogP contribution in [0.2, 0.25) is 5.02 Å². The second-order valence-electron chi connectivity index (χ2n) is 3.37. The molecule has 0 bridgehead atoms. The number of pyridine rings is 1. The Morgan fingerprint density at radius 1 is 1.29 bits per heavy atom. The number of carbonyl (C=O) groups is 1. The normalized spacial score (nSPS) is 10.2. The number of halogens is 1. The fourth-order valence-electron chi connectivity index (χ4n) is 1.44. The van der Waals surface area contributed by atoms with Gasteiger partial charge in [-0.15, -0.1) is 0 Å². The number of carboxylic acid groups (broad SMARTS) is 1. The highest BCUT2D eigenvalue weighted by molar-refractivity contribution is 6.33. The van der Waals surface area contributed by atoms with Crippen molar-refractivity contribution < 1.29 is 15.0 Å². The Kier molecular flexibility index (Phi) is 2.97. The van der Waals surface area contributed by atoms with E-state index in [-0.39, 0.29) is 11.3 Å². The third kappa shape index (κ3) is 2.21. The number of rotatable bonds is 2. The van der Waals surface area contributed by atoms with Crippen molar-refractivity contribution in [1.29, 1.82) is 0 Å². The summed E-state index contributed by atoms with van der Waals surface area (Å²) in [6.45, 7) is 0. The molecule has 0 radical (unpaired) electrons. The molecule has 0 aliphatic rings. The van der Waals surface area contributed by atoms with Crippen LogP contribution in [0, 0.1) is 0 Å². The highest BCUT2D eigenvalue weighted by Gasteiger charge is 2.13. The molecule has 2 N–H and O–H groups in total. The van der Waals surface area contributed by atoms with Gasteiger partial charge < -0.3 is 10.2 Å². The van der Waals surface area contributed by atoms with Crippen LogP contribution in [0.3, 0.4) is 0 Å². The molecule has 0 atom stereocenters. The average Bonchev–Trinajstić information content (AvgIpc) is 2.30. The monoisotopic (exact) mass is 249 g/mol. The first-order valence-electron chi connectivity index (χ1n) is 4.77. The number of benzene rings is 1. The number of aromatic carboxylic acids is 1. The van der Waals surface area contributed by atoms with Gasteiger partial charge in [0, 0.05) is 10.6 Å². The summed E-state index contributed by atoms with van der Waals surface area (Å²) in [5.74, 6) is -1.58. The fourth-order valence-corrected chi connectivity index (χ4v) is 1.67. The third-order valence-corrected chi connectivity index (χ3v) is 2.59. The first-order chi connectivity index (χ1) is 8.09. The summed E-state index contributed by atoms with van der Waals surface area (Å²) in [4.78, 5) is 14.8. The molecule has 4 nitrogen and oxygen atoms in total. The van der Waals surface area contributed by atoms with E-state index in [0.717, 1.165) is 6.20 Å². The first kappa shape index (κ1) is 11.4. The third-order valence-electron chi connectivity index (χ3n) is 2.26. The largest absolute Gasteiger partial charge is 0.505 e. The highest BCUT2D eigenvalue weighted by atomic mass is 35.5. The van der Waals surface area contributed by atoms with Crippen molar-refractivity contribution in [2.24, 2.45) is 0 Å². The number of hydrogen-bond donors (Lipinski definition) is 2. The van der Waals surface area contributed by atoms with Crippen LogP contribution in [0.5, 0.6) is 5.75 Å². The fraction of sp³-hybridized carbons (Fsp3) is 0. The molecule has 2 rings (SSSR count). The summed E-state index contributed by atoms with van der Waals surface area (Å²) >= 11 is 5.98. The summed E-state index contributed by atoms with van der Waals surface area (Å²) in [7, 11) is 0. The molecule has 2 aromatic rings. The maximum Gasteiger partial charge on any atom is 0.339 e. The van der Waals surface area contributed by atoms with E-state index in [2.05, 4.69) is 4.98 Å². The lowest BCUT2D eigenvalue weighted by Crippen LogP contribution is -1.98. The summed E-state index contributed by atoms with van der Waals surface area (Å²) in [5.41, 5.74) is 0.831. The van der Waals surface area contributed by atoms with Crippen LogP contribution in [-0.2, 0) is 0 Å². The van der Waals surface area contributed by atoms with E-state index in [1.165, 1.54) is 6.07 Å². The van der Waals surface area contributed by atoms with Crippen molar-refractivity contribution in [2.75, 3.05) is 0 Å². The van der Waals surface area contributed by atoms with Gasteiger partial charge in [0.1, 0.15) is 11.3 Å². The smallest absolute Gasteiger partial charge is 0.339 e. The Hall–Kier alpha value is -2.07. The zero-order valence-electron chi connectivity index (χ0n) is 8.59. The molecule has 0 saturated heterocycles. The Morgan fingerprint density at radius 2 is 2.00 bits per heavy atom. The van der Waals surface area contributed by atoms with Crippen LogP contribution < -0.4 is 0 Å². The van der Waals surface area contributed by atoms with Crippen LogP contribution in [0.4, 0.5) is 0 Å². The van der Waals surface area contributed by atoms with Crippen LogP contribution in [0.25, 0.3) is 11.3 Å². The Labute approximate surface area is 102 Å². The summed E-state index contributed by atoms with van der Waals surface area (Å²) < 4.78 is 0.